The van der Waals surface area contributed by atoms with Gasteiger partial charge in [-0.15, -0.1) is 11.8 Å². The zero-order valence-electron chi connectivity index (χ0n) is 23.3. The molecular formula is C32H45ClN2O2S. The smallest absolute Gasteiger partial charge is 0.255 e. The number of anilines is 1. The Labute approximate surface area is 239 Å². The minimum Gasteiger partial charge on any atom is -0.494 e. The summed E-state index contributed by atoms with van der Waals surface area (Å²) < 4.78 is 5.90. The molecule has 0 aromatic heterocycles. The number of carbonyl (C=O) groups is 1. The van der Waals surface area contributed by atoms with Crippen LogP contribution in [0.25, 0.3) is 0 Å². The van der Waals surface area contributed by atoms with Crippen molar-refractivity contribution in [3.8, 4) is 5.75 Å². The highest BCUT2D eigenvalue weighted by atomic mass is 35.5. The molecule has 0 atom stereocenters. The van der Waals surface area contributed by atoms with Gasteiger partial charge in [0.1, 0.15) is 5.75 Å². The van der Waals surface area contributed by atoms with Crippen molar-refractivity contribution in [3.63, 3.8) is 0 Å². The Morgan fingerprint density at radius 3 is 2.26 bits per heavy atom. The Balaban J connectivity index is 1.32. The van der Waals surface area contributed by atoms with Gasteiger partial charge >= 0.3 is 0 Å². The topological polar surface area (TPSA) is 41.6 Å². The Morgan fingerprint density at radius 2 is 1.63 bits per heavy atom. The Hall–Kier alpha value is -2.11. The average molecular weight is 557 g/mol. The Morgan fingerprint density at radius 1 is 0.947 bits per heavy atom. The summed E-state index contributed by atoms with van der Waals surface area (Å²) in [6.07, 6.45) is 18.1. The minimum absolute atomic E-state index is 0.165. The van der Waals surface area contributed by atoms with Crippen molar-refractivity contribution < 1.29 is 9.53 Å². The van der Waals surface area contributed by atoms with Gasteiger partial charge in [0.2, 0.25) is 0 Å². The molecule has 1 aliphatic rings. The lowest BCUT2D eigenvalue weighted by Gasteiger charge is -2.15. The highest BCUT2D eigenvalue weighted by Gasteiger charge is 2.13. The second-order valence-electron chi connectivity index (χ2n) is 10.3. The summed E-state index contributed by atoms with van der Waals surface area (Å²) in [5, 5.41) is 3.43. The molecule has 2 aromatic carbocycles. The SMILES string of the molecule is CCCCCCCCCCCCCCOc1ccc(NC(=O)c2cccc(CN3C=C(C)SC3)c2)c(Cl)c1. The van der Waals surface area contributed by atoms with Gasteiger partial charge in [0.15, 0.2) is 0 Å². The molecule has 1 N–H and O–H groups in total. The lowest BCUT2D eigenvalue weighted by molar-refractivity contribution is 0.102. The number of hydrogen-bond acceptors (Lipinski definition) is 4. The maximum Gasteiger partial charge on any atom is 0.255 e. The van der Waals surface area contributed by atoms with Crippen LogP contribution in [0.1, 0.15) is 107 Å². The number of hydrogen-bond donors (Lipinski definition) is 1. The molecule has 4 nitrogen and oxygen atoms in total. The predicted molar refractivity (Wildman–Crippen MR) is 164 cm³/mol. The molecule has 0 unspecified atom stereocenters. The van der Waals surface area contributed by atoms with E-state index >= 15 is 0 Å². The molecule has 0 saturated carbocycles. The van der Waals surface area contributed by atoms with Crippen LogP contribution in [0.2, 0.25) is 5.02 Å². The molecule has 38 heavy (non-hydrogen) atoms. The van der Waals surface area contributed by atoms with Crippen LogP contribution in [-0.2, 0) is 6.54 Å². The van der Waals surface area contributed by atoms with Crippen molar-refractivity contribution in [2.45, 2.75) is 97.4 Å². The highest BCUT2D eigenvalue weighted by molar-refractivity contribution is 8.03. The van der Waals surface area contributed by atoms with Crippen molar-refractivity contribution in [1.29, 1.82) is 0 Å². The van der Waals surface area contributed by atoms with Crippen molar-refractivity contribution in [1.82, 2.24) is 4.90 Å². The first-order valence-corrected chi connectivity index (χ1v) is 15.8. The van der Waals surface area contributed by atoms with Gasteiger partial charge in [-0.25, -0.2) is 0 Å². The fraction of sp³-hybridized carbons (Fsp3) is 0.531. The molecule has 3 rings (SSSR count). The Kier molecular flexibility index (Phi) is 14.0. The zero-order chi connectivity index (χ0) is 27.0. The van der Waals surface area contributed by atoms with E-state index in [4.69, 9.17) is 16.3 Å². The zero-order valence-corrected chi connectivity index (χ0v) is 24.8. The van der Waals surface area contributed by atoms with E-state index in [-0.39, 0.29) is 5.91 Å². The van der Waals surface area contributed by atoms with Crippen LogP contribution in [0, 0.1) is 0 Å². The number of rotatable bonds is 18. The van der Waals surface area contributed by atoms with E-state index in [2.05, 4.69) is 36.3 Å². The molecular weight excluding hydrogens is 512 g/mol. The number of ether oxygens (including phenoxy) is 1. The average Bonchev–Trinajstić information content (AvgIpc) is 3.32. The van der Waals surface area contributed by atoms with E-state index in [0.717, 1.165) is 30.2 Å². The molecule has 1 heterocycles. The molecule has 1 aliphatic heterocycles. The summed E-state index contributed by atoms with van der Waals surface area (Å²) in [5.74, 6) is 1.53. The number of nitrogens with one attached hydrogen (secondary N) is 1. The summed E-state index contributed by atoms with van der Waals surface area (Å²) >= 11 is 8.30. The second kappa shape index (κ2) is 17.5. The van der Waals surface area contributed by atoms with Gasteiger partial charge in [0.05, 0.1) is 23.2 Å². The molecule has 0 spiro atoms. The number of unbranched alkanes of at least 4 members (excludes halogenated alkanes) is 11. The summed E-state index contributed by atoms with van der Waals surface area (Å²) in [6.45, 7) is 5.87. The summed E-state index contributed by atoms with van der Waals surface area (Å²) in [6, 6.07) is 13.2. The van der Waals surface area contributed by atoms with Crippen LogP contribution in [0.15, 0.2) is 53.6 Å². The first-order chi connectivity index (χ1) is 18.5. The van der Waals surface area contributed by atoms with Crippen LogP contribution in [0.3, 0.4) is 0 Å². The van der Waals surface area contributed by atoms with Crippen LogP contribution in [-0.4, -0.2) is 23.3 Å². The van der Waals surface area contributed by atoms with E-state index in [1.165, 1.54) is 75.5 Å². The maximum absolute atomic E-state index is 12.9. The van der Waals surface area contributed by atoms with Gasteiger partial charge in [-0.2, -0.15) is 0 Å². The minimum atomic E-state index is -0.165. The van der Waals surface area contributed by atoms with E-state index in [1.54, 1.807) is 6.07 Å². The first-order valence-electron chi connectivity index (χ1n) is 14.4. The molecule has 208 valence electrons. The molecule has 0 fully saturated rings. The second-order valence-corrected chi connectivity index (χ2v) is 11.9. The third-order valence-electron chi connectivity index (χ3n) is 6.85. The highest BCUT2D eigenvalue weighted by Crippen LogP contribution is 2.28. The maximum atomic E-state index is 12.9. The molecule has 0 aliphatic carbocycles. The predicted octanol–water partition coefficient (Wildman–Crippen LogP) is 10.0. The monoisotopic (exact) mass is 556 g/mol. The fourth-order valence-electron chi connectivity index (χ4n) is 4.67. The number of benzene rings is 2. The van der Waals surface area contributed by atoms with Gasteiger partial charge in [-0.05, 0) is 48.1 Å². The van der Waals surface area contributed by atoms with Crippen LogP contribution >= 0.6 is 23.4 Å². The Bertz CT molecular complexity index is 1030. The summed E-state index contributed by atoms with van der Waals surface area (Å²) in [7, 11) is 0. The number of allylic oxidation sites excluding steroid dienone is 1. The van der Waals surface area contributed by atoms with E-state index in [0.29, 0.717) is 22.9 Å². The van der Waals surface area contributed by atoms with E-state index in [1.807, 2.05) is 42.1 Å². The molecule has 1 amide bonds. The molecule has 0 bridgehead atoms. The summed E-state index contributed by atoms with van der Waals surface area (Å²) in [5.41, 5.74) is 2.32. The number of amides is 1. The van der Waals surface area contributed by atoms with Crippen LogP contribution in [0.4, 0.5) is 5.69 Å². The van der Waals surface area contributed by atoms with Gasteiger partial charge in [0, 0.05) is 24.4 Å². The van der Waals surface area contributed by atoms with Gasteiger partial charge in [-0.3, -0.25) is 4.79 Å². The number of thioether (sulfide) groups is 1. The number of nitrogens with zero attached hydrogens (tertiary/aromatic N) is 1. The molecule has 6 heteroatoms. The quantitative estimate of drug-likeness (QED) is 0.185. The van der Waals surface area contributed by atoms with Crippen LogP contribution in [0.5, 0.6) is 5.75 Å². The standard InChI is InChI=1S/C32H45ClN2O2S/c1-3-4-5-6-7-8-9-10-11-12-13-14-20-37-29-18-19-31(30(33)22-29)34-32(36)28-17-15-16-27(21-28)24-35-23-26(2)38-25-35/h15-19,21-23H,3-14,20,24-25H2,1-2H3,(H,34,36). The van der Waals surface area contributed by atoms with Gasteiger partial charge < -0.3 is 15.0 Å². The fourth-order valence-corrected chi connectivity index (χ4v) is 5.64. The van der Waals surface area contributed by atoms with Gasteiger partial charge in [-0.1, -0.05) is 101 Å². The molecule has 0 radical (unpaired) electrons. The molecule has 0 saturated heterocycles. The van der Waals surface area contributed by atoms with E-state index < -0.39 is 0 Å². The lowest BCUT2D eigenvalue weighted by Crippen LogP contribution is -2.15. The normalized spacial score (nSPS) is 13.0. The first kappa shape index (κ1) is 30.4. The number of halogens is 1. The molecule has 2 aromatic rings. The number of carbonyl (C=O) groups excluding carboxylic acids is 1. The van der Waals surface area contributed by atoms with Crippen molar-refractivity contribution in [2.24, 2.45) is 0 Å². The van der Waals surface area contributed by atoms with E-state index in [9.17, 15) is 4.79 Å². The largest absolute Gasteiger partial charge is 0.494 e. The lowest BCUT2D eigenvalue weighted by atomic mass is 10.1. The van der Waals surface area contributed by atoms with Crippen LogP contribution < -0.4 is 10.1 Å². The third kappa shape index (κ3) is 11.3. The van der Waals surface area contributed by atoms with Crippen molar-refractivity contribution in [3.05, 3.63) is 69.7 Å². The third-order valence-corrected chi connectivity index (χ3v) is 8.19. The summed E-state index contributed by atoms with van der Waals surface area (Å²) in [4.78, 5) is 16.4. The van der Waals surface area contributed by atoms with Crippen molar-refractivity contribution in [2.75, 3.05) is 17.8 Å². The van der Waals surface area contributed by atoms with Gasteiger partial charge in [0.25, 0.3) is 5.91 Å². The van der Waals surface area contributed by atoms with Crippen molar-refractivity contribution >= 4 is 35.0 Å².